The second-order valence-electron chi connectivity index (χ2n) is 4.49. The summed E-state index contributed by atoms with van der Waals surface area (Å²) in [4.78, 5) is 10.8. The summed E-state index contributed by atoms with van der Waals surface area (Å²) < 4.78 is 5.61. The molecule has 1 fully saturated rings. The van der Waals surface area contributed by atoms with E-state index in [1.54, 1.807) is 6.92 Å². The minimum absolute atomic E-state index is 0.225. The molecule has 1 aliphatic carbocycles. The van der Waals surface area contributed by atoms with Crippen LogP contribution in [-0.2, 0) is 9.53 Å². The highest BCUT2D eigenvalue weighted by molar-refractivity contribution is 5.75. The fourth-order valence-electron chi connectivity index (χ4n) is 1.81. The first kappa shape index (κ1) is 11.7. The first-order chi connectivity index (χ1) is 6.61. The van der Waals surface area contributed by atoms with E-state index in [1.807, 2.05) is 6.92 Å². The molecule has 0 aromatic heterocycles. The van der Waals surface area contributed by atoms with E-state index in [9.17, 15) is 4.79 Å². The van der Waals surface area contributed by atoms with E-state index in [-0.39, 0.29) is 12.4 Å². The van der Waals surface area contributed by atoms with Crippen molar-refractivity contribution in [2.45, 2.75) is 39.2 Å². The van der Waals surface area contributed by atoms with Crippen LogP contribution >= 0.6 is 0 Å². The molecule has 0 radical (unpaired) electrons. The SMILES string of the molecule is CC(=O)C[C@@H](C)COC1CC(CO)C1. The van der Waals surface area contributed by atoms with Gasteiger partial charge >= 0.3 is 0 Å². The van der Waals surface area contributed by atoms with Gasteiger partial charge in [-0.05, 0) is 31.6 Å². The molecule has 3 nitrogen and oxygen atoms in total. The van der Waals surface area contributed by atoms with Crippen LogP contribution in [0.1, 0.15) is 33.1 Å². The van der Waals surface area contributed by atoms with E-state index in [4.69, 9.17) is 9.84 Å². The number of rotatable bonds is 6. The van der Waals surface area contributed by atoms with Crippen LogP contribution in [0, 0.1) is 11.8 Å². The van der Waals surface area contributed by atoms with Crippen molar-refractivity contribution in [1.29, 1.82) is 0 Å². The molecule has 0 amide bonds. The Labute approximate surface area is 85.5 Å². The molecule has 1 saturated carbocycles. The summed E-state index contributed by atoms with van der Waals surface area (Å²) in [5, 5.41) is 8.80. The van der Waals surface area contributed by atoms with Gasteiger partial charge in [0.05, 0.1) is 6.10 Å². The number of ketones is 1. The van der Waals surface area contributed by atoms with E-state index in [1.165, 1.54) is 0 Å². The molecule has 0 unspecified atom stereocenters. The summed E-state index contributed by atoms with van der Waals surface area (Å²) in [5.41, 5.74) is 0. The van der Waals surface area contributed by atoms with Gasteiger partial charge in [-0.1, -0.05) is 6.92 Å². The van der Waals surface area contributed by atoms with Crippen LogP contribution < -0.4 is 0 Å². The smallest absolute Gasteiger partial charge is 0.130 e. The van der Waals surface area contributed by atoms with Crippen LogP contribution in [-0.4, -0.2) is 30.2 Å². The molecular weight excluding hydrogens is 180 g/mol. The Morgan fingerprint density at radius 1 is 1.57 bits per heavy atom. The first-order valence-corrected chi connectivity index (χ1v) is 5.33. The standard InChI is InChI=1S/C11H20O3/c1-8(3-9(2)13)7-14-11-4-10(5-11)6-12/h8,10-12H,3-7H2,1-2H3/t8-,10?,11?/m1/s1. The molecule has 3 heteroatoms. The number of hydrogen-bond donors (Lipinski definition) is 1. The van der Waals surface area contributed by atoms with E-state index in [2.05, 4.69) is 0 Å². The summed E-state index contributed by atoms with van der Waals surface area (Å²) in [6.45, 7) is 4.59. The molecule has 1 rings (SSSR count). The molecule has 0 saturated heterocycles. The van der Waals surface area contributed by atoms with Crippen LogP contribution in [0.2, 0.25) is 0 Å². The molecule has 0 spiro atoms. The molecule has 0 aliphatic heterocycles. The molecule has 1 N–H and O–H groups in total. The van der Waals surface area contributed by atoms with Gasteiger partial charge in [-0.25, -0.2) is 0 Å². The molecule has 0 aromatic carbocycles. The van der Waals surface area contributed by atoms with Crippen molar-refractivity contribution in [2.75, 3.05) is 13.2 Å². The van der Waals surface area contributed by atoms with E-state index in [0.29, 0.717) is 31.0 Å². The van der Waals surface area contributed by atoms with Crippen molar-refractivity contribution in [3.63, 3.8) is 0 Å². The summed E-state index contributed by atoms with van der Waals surface area (Å²) in [6, 6.07) is 0. The Morgan fingerprint density at radius 2 is 2.21 bits per heavy atom. The van der Waals surface area contributed by atoms with Crippen molar-refractivity contribution < 1.29 is 14.6 Å². The Morgan fingerprint density at radius 3 is 2.71 bits per heavy atom. The van der Waals surface area contributed by atoms with Crippen LogP contribution in [0.15, 0.2) is 0 Å². The average Bonchev–Trinajstić information content (AvgIpc) is 2.00. The third-order valence-electron chi connectivity index (χ3n) is 2.70. The average molecular weight is 200 g/mol. The van der Waals surface area contributed by atoms with E-state index in [0.717, 1.165) is 12.8 Å². The van der Waals surface area contributed by atoms with Crippen molar-refractivity contribution in [3.8, 4) is 0 Å². The highest BCUT2D eigenvalue weighted by Crippen LogP contribution is 2.29. The predicted molar refractivity (Wildman–Crippen MR) is 54.0 cm³/mol. The van der Waals surface area contributed by atoms with Gasteiger partial charge in [0, 0.05) is 19.6 Å². The topological polar surface area (TPSA) is 46.5 Å². The minimum atomic E-state index is 0.225. The molecule has 0 aromatic rings. The van der Waals surface area contributed by atoms with Crippen molar-refractivity contribution in [3.05, 3.63) is 0 Å². The van der Waals surface area contributed by atoms with Crippen LogP contribution in [0.4, 0.5) is 0 Å². The van der Waals surface area contributed by atoms with Gasteiger partial charge < -0.3 is 14.6 Å². The van der Waals surface area contributed by atoms with Gasteiger partial charge in [-0.2, -0.15) is 0 Å². The normalized spacial score (nSPS) is 28.2. The molecule has 0 bridgehead atoms. The predicted octanol–water partition coefficient (Wildman–Crippen LogP) is 1.39. The highest BCUT2D eigenvalue weighted by atomic mass is 16.5. The maximum Gasteiger partial charge on any atom is 0.130 e. The van der Waals surface area contributed by atoms with E-state index >= 15 is 0 Å². The molecule has 14 heavy (non-hydrogen) atoms. The van der Waals surface area contributed by atoms with Crippen molar-refractivity contribution in [2.24, 2.45) is 11.8 Å². The summed E-state index contributed by atoms with van der Waals surface area (Å²) in [7, 11) is 0. The number of carbonyl (C=O) groups is 1. The van der Waals surface area contributed by atoms with Crippen LogP contribution in [0.25, 0.3) is 0 Å². The zero-order valence-electron chi connectivity index (χ0n) is 9.03. The first-order valence-electron chi connectivity index (χ1n) is 5.33. The third kappa shape index (κ3) is 3.76. The Kier molecular flexibility index (Phi) is 4.55. The lowest BCUT2D eigenvalue weighted by atomic mass is 9.83. The zero-order chi connectivity index (χ0) is 10.6. The van der Waals surface area contributed by atoms with Crippen LogP contribution in [0.5, 0.6) is 0 Å². The number of hydrogen-bond acceptors (Lipinski definition) is 3. The lowest BCUT2D eigenvalue weighted by Gasteiger charge is -2.34. The van der Waals surface area contributed by atoms with Gasteiger partial charge in [0.25, 0.3) is 0 Å². The molecule has 0 heterocycles. The summed E-state index contributed by atoms with van der Waals surface area (Å²) >= 11 is 0. The Hall–Kier alpha value is -0.410. The molecule has 1 atom stereocenters. The second-order valence-corrected chi connectivity index (χ2v) is 4.49. The molecular formula is C11H20O3. The number of aliphatic hydroxyl groups is 1. The molecule has 1 aliphatic rings. The number of ether oxygens (including phenoxy) is 1. The number of carbonyl (C=O) groups excluding carboxylic acids is 1. The monoisotopic (exact) mass is 200 g/mol. The summed E-state index contributed by atoms with van der Waals surface area (Å²) in [5.74, 6) is 0.992. The third-order valence-corrected chi connectivity index (χ3v) is 2.70. The second kappa shape index (κ2) is 5.47. The Bertz CT molecular complexity index is 185. The maximum absolute atomic E-state index is 10.8. The van der Waals surface area contributed by atoms with Gasteiger partial charge in [-0.15, -0.1) is 0 Å². The number of Topliss-reactive ketones (excluding diaryl/α,β-unsaturated/α-hetero) is 1. The van der Waals surface area contributed by atoms with Gasteiger partial charge in [-0.3, -0.25) is 0 Å². The van der Waals surface area contributed by atoms with Gasteiger partial charge in [0.15, 0.2) is 0 Å². The summed E-state index contributed by atoms with van der Waals surface area (Å²) in [6.07, 6.45) is 2.88. The number of aliphatic hydroxyl groups excluding tert-OH is 1. The fraction of sp³-hybridized carbons (Fsp3) is 0.909. The lowest BCUT2D eigenvalue weighted by molar-refractivity contribution is -0.119. The quantitative estimate of drug-likeness (QED) is 0.704. The van der Waals surface area contributed by atoms with Crippen molar-refractivity contribution >= 4 is 5.78 Å². The van der Waals surface area contributed by atoms with Crippen LogP contribution in [0.3, 0.4) is 0 Å². The Balaban J connectivity index is 2.01. The van der Waals surface area contributed by atoms with Gasteiger partial charge in [0.2, 0.25) is 0 Å². The van der Waals surface area contributed by atoms with E-state index < -0.39 is 0 Å². The molecule has 82 valence electrons. The minimum Gasteiger partial charge on any atom is -0.396 e. The highest BCUT2D eigenvalue weighted by Gasteiger charge is 2.29. The zero-order valence-corrected chi connectivity index (χ0v) is 9.03. The largest absolute Gasteiger partial charge is 0.396 e. The maximum atomic E-state index is 10.8. The van der Waals surface area contributed by atoms with Gasteiger partial charge in [0.1, 0.15) is 5.78 Å². The lowest BCUT2D eigenvalue weighted by Crippen LogP contribution is -2.34. The fourth-order valence-corrected chi connectivity index (χ4v) is 1.81. The van der Waals surface area contributed by atoms with Crippen molar-refractivity contribution in [1.82, 2.24) is 0 Å².